The van der Waals surface area contributed by atoms with Gasteiger partial charge < -0.3 is 154 Å². The Morgan fingerprint density at radius 3 is 1.11 bits per heavy atom. The number of nitrogens with one attached hydrogen (secondary N) is 8. The van der Waals surface area contributed by atoms with Gasteiger partial charge in [0.05, 0.1) is 31.3 Å². The van der Waals surface area contributed by atoms with Crippen molar-refractivity contribution < 1.29 is 302 Å². The predicted molar refractivity (Wildman–Crippen MR) is 436 cm³/mol. The molecule has 0 aliphatic rings. The molecule has 107 heavy (non-hydrogen) atoms. The number of carbonyl (C=O) groups excluding carboxylic acids is 15. The number of hydrogen-bond donors (Lipinski definition) is 12. The molecule has 21 N–H and O–H groups in total. The Balaban J connectivity index is -0.0000000254. The van der Waals surface area contributed by atoms with Crippen molar-refractivity contribution in [1.29, 1.82) is 5.41 Å². The molecule has 0 spiro atoms. The maximum Gasteiger partial charge on any atom is 1.00 e. The van der Waals surface area contributed by atoms with Gasteiger partial charge in [-0.2, -0.15) is 4.99 Å². The Morgan fingerprint density at radius 2 is 0.907 bits per heavy atom. The largest absolute Gasteiger partial charge is 1.00 e. The van der Waals surface area contributed by atoms with Crippen LogP contribution in [0.5, 0.6) is 0 Å². The first kappa shape index (κ1) is 190. The number of ketones is 7. The molecule has 17 atom stereocenters. The second-order valence-electron chi connectivity index (χ2n) is 16.7. The number of nitrogens with two attached hydrogens (primary N) is 1. The molecule has 0 fully saturated rings. The Hall–Kier alpha value is 3.77. The average Bonchev–Trinajstić information content (AvgIpc) is 0.886. The van der Waals surface area contributed by atoms with Gasteiger partial charge in [0.1, 0.15) is 11.6 Å². The van der Waals surface area contributed by atoms with Gasteiger partial charge in [0.2, 0.25) is 58.3 Å². The third-order valence-corrected chi connectivity index (χ3v) is 15.8. The molecule has 17 unspecified atom stereocenters. The molecular weight excluding hydrogens is 1900 g/mol. The first-order valence-corrected chi connectivity index (χ1v) is 47.0. The van der Waals surface area contributed by atoms with Crippen molar-refractivity contribution in [1.82, 2.24) is 31.0 Å². The first-order valence-electron chi connectivity index (χ1n) is 26.2. The molecule has 0 heterocycles. The zero-order valence-electron chi connectivity index (χ0n) is 63.1. The molecule has 0 saturated heterocycles. The van der Waals surface area contributed by atoms with Crippen LogP contribution in [0.3, 0.4) is 0 Å². The summed E-state index contributed by atoms with van der Waals surface area (Å²) >= 11 is 0. The second kappa shape index (κ2) is 130. The van der Waals surface area contributed by atoms with E-state index in [-0.39, 0.29) is 376 Å². The minimum absolute atomic E-state index is 0. The Bertz CT molecular complexity index is 2250. The van der Waals surface area contributed by atoms with Crippen molar-refractivity contribution in [2.24, 2.45) is 11.7 Å². The third kappa shape index (κ3) is 142. The van der Waals surface area contributed by atoms with E-state index in [4.69, 9.17) is 15.3 Å². The summed E-state index contributed by atoms with van der Waals surface area (Å²) in [5, 5.41) is 57.8. The van der Waals surface area contributed by atoms with Crippen molar-refractivity contribution in [3.63, 3.8) is 0 Å². The normalized spacial score (nSPS) is 10.1. The number of Topliss-reactive ketones (excluding diaryl/α,β-unsaturated/α-hetero) is 6. The molecule has 0 aliphatic heterocycles. The molecule has 0 rings (SSSR count). The van der Waals surface area contributed by atoms with Gasteiger partial charge in [-0.3, -0.25) is 67.1 Å². The van der Waals surface area contributed by atoms with Crippen LogP contribution in [0, 0.1) is 11.3 Å². The molecule has 56 heteroatoms. The summed E-state index contributed by atoms with van der Waals surface area (Å²) in [4.78, 5) is 162. The van der Waals surface area contributed by atoms with Gasteiger partial charge in [0, 0.05) is 85.7 Å². The zero-order chi connectivity index (χ0) is 72.1. The van der Waals surface area contributed by atoms with Crippen LogP contribution >= 0.6 is 121 Å². The van der Waals surface area contributed by atoms with E-state index < -0.39 is 35.1 Å². The zero-order valence-corrected chi connectivity index (χ0v) is 83.8. The van der Waals surface area contributed by atoms with E-state index in [0.29, 0.717) is 86.7 Å². The number of primary amides is 1. The van der Waals surface area contributed by atoms with Crippen LogP contribution in [0.15, 0.2) is 12.2 Å². The summed E-state index contributed by atoms with van der Waals surface area (Å²) < 4.78 is 0. The minimum Gasteiger partial charge on any atom is -1.00 e. The van der Waals surface area contributed by atoms with Gasteiger partial charge in [-0.05, 0) is 68.8 Å². The summed E-state index contributed by atoms with van der Waals surface area (Å²) in [5.41, 5.74) is 1.81. The summed E-state index contributed by atoms with van der Waals surface area (Å²) in [5.74, 6) is -4.59. The molecule has 0 saturated carbocycles. The van der Waals surface area contributed by atoms with Crippen molar-refractivity contribution in [2.45, 2.75) is 182 Å². The fourth-order valence-electron chi connectivity index (χ4n) is 3.69. The summed E-state index contributed by atoms with van der Waals surface area (Å²) in [7, 11) is 18.5. The predicted octanol–water partition coefficient (Wildman–Crippen LogP) is -28.6. The molecule has 0 aromatic carbocycles. The van der Waals surface area contributed by atoms with Crippen molar-refractivity contribution in [3.05, 3.63) is 12.2 Å². The van der Waals surface area contributed by atoms with Crippen molar-refractivity contribution in [3.8, 4) is 0 Å². The van der Waals surface area contributed by atoms with Gasteiger partial charge in [0.25, 0.3) is 17.6 Å². The number of amides is 8. The summed E-state index contributed by atoms with van der Waals surface area (Å²) in [6.07, 6.45) is 4.25. The van der Waals surface area contributed by atoms with Gasteiger partial charge in [-0.15, -0.1) is 17.9 Å². The van der Waals surface area contributed by atoms with Crippen LogP contribution in [0.25, 0.3) is 0 Å². The van der Waals surface area contributed by atoms with Crippen molar-refractivity contribution >= 4 is 220 Å². The van der Waals surface area contributed by atoms with E-state index in [1.165, 1.54) is 27.7 Å². The van der Waals surface area contributed by atoms with E-state index in [0.717, 1.165) is 0 Å². The molecule has 614 valence electrons. The molecular formula is C51H125Br4Li6N9O23P14+2. The standard InChI is InChI=1S/C7H15NO3P2.2C7H13NO2P2.2C6H14N2O3P2.2C4H8O2P2.2C3H7NO.4CH4.4BrH.6Li.4H2O.H/c1-2-6(10)3-5(4-9)7(11)8-13-12;1-3-7(10)8-5(2)6(9)4-12-11;1-3-6(9)4-5(2)7(10)8-12-11;2*1-3-4(9)7-6(2,11)5(10)8-13-12;2*1-3(5)4(6)2-8-7;2*1-2-3(4)5;;;;;;;;;;;;;;;;;;;/h5,9,13H,2-4,12H2,1H3,(H,8,11);12H,3-4,11H2,1-2H3;12H,2-4,11H2,1H3,(H,8,10);2*11,13H,3,12H2,1-2H3,(H,7,9)(H,8,10);2*8H,2,7H2,1H3;2*2H2,1H3,(H2,4,5);4*1H4;4*1H;;;;;;;4*1H2;/q;;;;;;;;;;;;;;;;;6*+1;;;;;-1/p-3. The quantitative estimate of drug-likeness (QED) is 0.00448. The van der Waals surface area contributed by atoms with E-state index in [2.05, 4.69) is 102 Å². The Kier molecular flexibility index (Phi) is 232. The van der Waals surface area contributed by atoms with Crippen LogP contribution in [-0.2, 0) is 67.1 Å². The fourth-order valence-corrected chi connectivity index (χ4v) is 9.89. The average molecular weight is 2030 g/mol. The number of aliphatic hydroxyl groups excluding tert-OH is 1. The summed E-state index contributed by atoms with van der Waals surface area (Å²) in [6.45, 7) is 22.0. The van der Waals surface area contributed by atoms with Crippen molar-refractivity contribution in [2.75, 3.05) is 25.1 Å². The third-order valence-electron chi connectivity index (χ3n) is 8.98. The molecule has 0 radical (unpaired) electrons. The summed E-state index contributed by atoms with van der Waals surface area (Å²) in [6, 6.07) is 0. The second-order valence-corrected chi connectivity index (χ2v) is 28.7. The maximum absolute atomic E-state index is 11.2. The van der Waals surface area contributed by atoms with Crippen LogP contribution in [0.2, 0.25) is 0 Å². The van der Waals surface area contributed by atoms with E-state index in [1.807, 2.05) is 0 Å². The van der Waals surface area contributed by atoms with E-state index in [9.17, 15) is 82.4 Å². The van der Waals surface area contributed by atoms with Crippen LogP contribution in [-0.4, -0.2) is 178 Å². The minimum atomic E-state index is -1.82. The van der Waals surface area contributed by atoms with E-state index >= 15 is 0 Å². The van der Waals surface area contributed by atoms with Gasteiger partial charge in [-0.1, -0.05) is 137 Å². The number of rotatable bonds is 31. The van der Waals surface area contributed by atoms with Gasteiger partial charge in [-0.25, -0.2) is 4.79 Å². The van der Waals surface area contributed by atoms with E-state index in [1.54, 1.807) is 64.3 Å². The monoisotopic (exact) mass is 2020 g/mol. The van der Waals surface area contributed by atoms with Gasteiger partial charge in [0.15, 0.2) is 5.78 Å². The number of hydrogen-bond acceptors (Lipinski definition) is 20. The van der Waals surface area contributed by atoms with Gasteiger partial charge >= 0.3 is 125 Å². The van der Waals surface area contributed by atoms with Crippen LogP contribution < -0.4 is 228 Å². The number of carbonyl (C=O) groups is 14. The van der Waals surface area contributed by atoms with Crippen LogP contribution in [0.4, 0.5) is 0 Å². The Labute approximate surface area is 781 Å². The Morgan fingerprint density at radius 1 is 0.579 bits per heavy atom. The fraction of sp³-hybridized carbons (Fsp3) is 0.627. The first-order chi connectivity index (χ1) is 41.1. The topological polar surface area (TPSA) is 605 Å². The van der Waals surface area contributed by atoms with Crippen LogP contribution in [0.1, 0.15) is 172 Å². The molecule has 0 aromatic rings. The maximum atomic E-state index is 11.2. The molecule has 0 bridgehead atoms. The number of halogens is 4. The molecule has 0 aromatic heterocycles. The SMILES string of the molecule is C.C.C.C.C=C(CC(=O)CC)C(=O)NPP.CC(=O)C(=O)CP[PH3+].CC(=O)C(=[OH+])CPP.CCC(=N)[O-].CCC(=O)CC(CO)C(=O)NPP.CCC(=O)NC(C)(O)C(=O)NPP.CCC(=O)NC(C)(O)C(=O)NPP.CCC(=O)[NH+]=C(C)C(=O)CPP.CCC(N)=O.O.O.O.[Br-].[Br-].[Br-].[Br-].[H-].[Li+].[Li+].[Li+].[Li+].[Li+].[Li+].[OH-]. The number of aliphatic hydroxyl groups is 3. The molecule has 8 amide bonds. The molecule has 32 nitrogen and oxygen atoms in total. The smallest absolute Gasteiger partial charge is 1.00 e. The molecule has 0 aliphatic carbocycles.